The normalized spacial score (nSPS) is 15.6. The highest BCUT2D eigenvalue weighted by Gasteiger charge is 2.27. The largest absolute Gasteiger partial charge is 0.389 e. The van der Waals surface area contributed by atoms with Gasteiger partial charge in [0.2, 0.25) is 5.56 Å². The van der Waals surface area contributed by atoms with Crippen molar-refractivity contribution >= 4 is 10.9 Å². The van der Waals surface area contributed by atoms with Gasteiger partial charge in [0.1, 0.15) is 0 Å². The van der Waals surface area contributed by atoms with E-state index in [9.17, 15) is 15.0 Å². The number of benzene rings is 1. The summed E-state index contributed by atoms with van der Waals surface area (Å²) in [6.07, 6.45) is 1.75. The predicted octanol–water partition coefficient (Wildman–Crippen LogP) is 3.14. The molecule has 1 aliphatic heterocycles. The smallest absolute Gasteiger partial charge is 0.247 e. The fraction of sp³-hybridized carbons (Fsp3) is 0.458. The number of hydrogen-bond donors (Lipinski definition) is 3. The highest BCUT2D eigenvalue weighted by molar-refractivity contribution is 5.86. The number of fused-ring (bicyclic) bond motifs is 3. The molecule has 3 N–H and O–H groups in total. The number of aryl methyl sites for hydroxylation is 1. The van der Waals surface area contributed by atoms with Gasteiger partial charge in [0.25, 0.3) is 0 Å². The summed E-state index contributed by atoms with van der Waals surface area (Å²) in [5, 5.41) is 22.3. The zero-order valence-electron chi connectivity index (χ0n) is 17.3. The van der Waals surface area contributed by atoms with Crippen LogP contribution in [-0.4, -0.2) is 43.4 Å². The molecular formula is C24H33N3O3. The van der Waals surface area contributed by atoms with Crippen molar-refractivity contribution in [3.8, 4) is 0 Å². The van der Waals surface area contributed by atoms with Crippen LogP contribution < -0.4 is 5.56 Å². The standard InChI is InChI=1S/C23H29N3O3.CH4/c1-15-4-6-19-17(10-15)18-12-25(14-23(2,3)29)9-8-20(18)26(19)13-21(27)16-5-7-22(28)24-11-16;/h4-7,10-11,21,27,29H,8-9,12-14H2,1-3H3,(H,24,28);1H4. The van der Waals surface area contributed by atoms with E-state index in [0.29, 0.717) is 18.7 Å². The number of aliphatic hydroxyl groups is 2. The molecule has 1 unspecified atom stereocenters. The minimum atomic E-state index is -0.730. The van der Waals surface area contributed by atoms with Gasteiger partial charge in [-0.2, -0.15) is 0 Å². The third-order valence-corrected chi connectivity index (χ3v) is 5.65. The van der Waals surface area contributed by atoms with Gasteiger partial charge in [0.05, 0.1) is 18.2 Å². The fourth-order valence-corrected chi connectivity index (χ4v) is 4.42. The van der Waals surface area contributed by atoms with Crippen LogP contribution in [0.15, 0.2) is 41.3 Å². The van der Waals surface area contributed by atoms with Crippen molar-refractivity contribution in [2.24, 2.45) is 0 Å². The Morgan fingerprint density at radius 2 is 2.00 bits per heavy atom. The third-order valence-electron chi connectivity index (χ3n) is 5.65. The van der Waals surface area contributed by atoms with Gasteiger partial charge in [-0.1, -0.05) is 19.1 Å². The molecule has 0 saturated heterocycles. The van der Waals surface area contributed by atoms with Gasteiger partial charge in [0, 0.05) is 54.9 Å². The Kier molecular flexibility index (Phi) is 6.22. The van der Waals surface area contributed by atoms with E-state index in [2.05, 4.69) is 39.6 Å². The lowest BCUT2D eigenvalue weighted by Gasteiger charge is -2.32. The quantitative estimate of drug-likeness (QED) is 0.602. The summed E-state index contributed by atoms with van der Waals surface area (Å²) >= 11 is 0. The van der Waals surface area contributed by atoms with E-state index in [4.69, 9.17) is 0 Å². The van der Waals surface area contributed by atoms with Crippen LogP contribution in [0.2, 0.25) is 0 Å². The van der Waals surface area contributed by atoms with Crippen molar-refractivity contribution in [2.45, 2.75) is 59.4 Å². The molecule has 3 heterocycles. The van der Waals surface area contributed by atoms with E-state index >= 15 is 0 Å². The van der Waals surface area contributed by atoms with Crippen molar-refractivity contribution < 1.29 is 10.2 Å². The Morgan fingerprint density at radius 1 is 1.23 bits per heavy atom. The van der Waals surface area contributed by atoms with Gasteiger partial charge in [-0.15, -0.1) is 0 Å². The first kappa shape index (κ1) is 22.3. The maximum Gasteiger partial charge on any atom is 0.247 e. The Labute approximate surface area is 177 Å². The lowest BCUT2D eigenvalue weighted by molar-refractivity contribution is 0.0315. The zero-order valence-corrected chi connectivity index (χ0v) is 17.3. The van der Waals surface area contributed by atoms with E-state index in [-0.39, 0.29) is 13.0 Å². The van der Waals surface area contributed by atoms with Crippen molar-refractivity contribution in [3.63, 3.8) is 0 Å². The number of pyridine rings is 1. The molecule has 0 bridgehead atoms. The molecule has 2 aromatic heterocycles. The number of aromatic amines is 1. The highest BCUT2D eigenvalue weighted by Crippen LogP contribution is 2.33. The van der Waals surface area contributed by atoms with Gasteiger partial charge in [-0.3, -0.25) is 9.69 Å². The number of aliphatic hydroxyl groups excluding tert-OH is 1. The number of H-pyrrole nitrogens is 1. The molecule has 0 aliphatic carbocycles. The third kappa shape index (κ3) is 4.51. The van der Waals surface area contributed by atoms with Crippen molar-refractivity contribution in [3.05, 3.63) is 69.3 Å². The lowest BCUT2D eigenvalue weighted by Crippen LogP contribution is -2.41. The minimum Gasteiger partial charge on any atom is -0.389 e. The first-order valence-electron chi connectivity index (χ1n) is 10.1. The van der Waals surface area contributed by atoms with E-state index in [1.807, 2.05) is 13.8 Å². The highest BCUT2D eigenvalue weighted by atomic mass is 16.3. The number of rotatable bonds is 5. The average Bonchev–Trinajstić information content (AvgIpc) is 2.93. The van der Waals surface area contributed by atoms with E-state index < -0.39 is 11.7 Å². The van der Waals surface area contributed by atoms with Gasteiger partial charge in [-0.05, 0) is 50.1 Å². The summed E-state index contributed by atoms with van der Waals surface area (Å²) in [5.74, 6) is 0. The van der Waals surface area contributed by atoms with Crippen LogP contribution in [0.25, 0.3) is 10.9 Å². The summed E-state index contributed by atoms with van der Waals surface area (Å²) in [6, 6.07) is 9.56. The molecule has 1 aromatic carbocycles. The Bertz CT molecular complexity index is 1070. The molecule has 30 heavy (non-hydrogen) atoms. The number of hydrogen-bond acceptors (Lipinski definition) is 4. The fourth-order valence-electron chi connectivity index (χ4n) is 4.42. The maximum absolute atomic E-state index is 11.3. The summed E-state index contributed by atoms with van der Waals surface area (Å²) in [7, 11) is 0. The summed E-state index contributed by atoms with van der Waals surface area (Å²) < 4.78 is 2.22. The van der Waals surface area contributed by atoms with Crippen LogP contribution in [-0.2, 0) is 19.5 Å². The van der Waals surface area contributed by atoms with Crippen LogP contribution in [0.3, 0.4) is 0 Å². The Balaban J connectivity index is 0.00000256. The van der Waals surface area contributed by atoms with Crippen LogP contribution in [0, 0.1) is 6.92 Å². The molecular weight excluding hydrogens is 378 g/mol. The zero-order chi connectivity index (χ0) is 20.8. The van der Waals surface area contributed by atoms with Crippen LogP contribution in [0.4, 0.5) is 0 Å². The van der Waals surface area contributed by atoms with Gasteiger partial charge in [0.15, 0.2) is 0 Å². The second-order valence-electron chi connectivity index (χ2n) is 8.83. The first-order chi connectivity index (χ1) is 13.7. The molecule has 0 radical (unpaired) electrons. The van der Waals surface area contributed by atoms with Crippen molar-refractivity contribution in [2.75, 3.05) is 13.1 Å². The molecule has 0 amide bonds. The molecule has 0 fully saturated rings. The van der Waals surface area contributed by atoms with Gasteiger partial charge >= 0.3 is 0 Å². The summed E-state index contributed by atoms with van der Waals surface area (Å²) in [6.45, 7) is 8.52. The van der Waals surface area contributed by atoms with Crippen molar-refractivity contribution in [1.82, 2.24) is 14.5 Å². The maximum atomic E-state index is 11.3. The van der Waals surface area contributed by atoms with Crippen LogP contribution >= 0.6 is 0 Å². The van der Waals surface area contributed by atoms with Crippen LogP contribution in [0.5, 0.6) is 0 Å². The molecule has 6 heteroatoms. The number of nitrogens with zero attached hydrogens (tertiary/aromatic N) is 2. The van der Waals surface area contributed by atoms with E-state index in [1.165, 1.54) is 28.3 Å². The molecule has 6 nitrogen and oxygen atoms in total. The minimum absolute atomic E-state index is 0. The number of aromatic nitrogens is 2. The summed E-state index contributed by atoms with van der Waals surface area (Å²) in [4.78, 5) is 16.3. The average molecular weight is 412 g/mol. The monoisotopic (exact) mass is 411 g/mol. The molecule has 162 valence electrons. The van der Waals surface area contributed by atoms with E-state index in [1.54, 1.807) is 12.3 Å². The molecule has 1 atom stereocenters. The Hall–Kier alpha value is -2.41. The van der Waals surface area contributed by atoms with Crippen molar-refractivity contribution in [1.29, 1.82) is 0 Å². The molecule has 0 spiro atoms. The van der Waals surface area contributed by atoms with Gasteiger partial charge in [-0.25, -0.2) is 0 Å². The van der Waals surface area contributed by atoms with E-state index in [0.717, 1.165) is 25.0 Å². The Morgan fingerprint density at radius 3 is 2.67 bits per heavy atom. The molecule has 0 saturated carbocycles. The topological polar surface area (TPSA) is 81.5 Å². The SMILES string of the molecule is C.Cc1ccc2c(c1)c1c(n2CC(O)c2ccc(=O)[nH]c2)CCN(CC(C)(C)O)C1. The van der Waals surface area contributed by atoms with Gasteiger partial charge < -0.3 is 19.8 Å². The predicted molar refractivity (Wildman–Crippen MR) is 121 cm³/mol. The number of nitrogens with one attached hydrogen (secondary N) is 1. The molecule has 4 rings (SSSR count). The lowest BCUT2D eigenvalue weighted by atomic mass is 10.0. The molecule has 3 aromatic rings. The van der Waals surface area contributed by atoms with Crippen LogP contribution in [0.1, 0.15) is 49.8 Å². The second kappa shape index (κ2) is 8.38. The first-order valence-corrected chi connectivity index (χ1v) is 10.1. The number of β-amino-alcohol motifs (C(OH)–C–C–N with tert-alkyl or cyclic N) is 1. The second-order valence-corrected chi connectivity index (χ2v) is 8.83. The summed E-state index contributed by atoms with van der Waals surface area (Å²) in [5.41, 5.74) is 4.66. The molecule has 1 aliphatic rings.